The molecule has 0 amide bonds. The summed E-state index contributed by atoms with van der Waals surface area (Å²) in [5, 5.41) is 0.356. The minimum Gasteiger partial charge on any atom is -0.288 e. The number of ketones is 1. The molecule has 0 saturated heterocycles. The molecule has 2 rings (SSSR count). The fourth-order valence-corrected chi connectivity index (χ4v) is 1.60. The summed E-state index contributed by atoms with van der Waals surface area (Å²) in [6.07, 6.45) is 6.23. The normalized spacial score (nSPS) is 10.1. The van der Waals surface area contributed by atoms with Crippen LogP contribution in [0, 0.1) is 6.92 Å². The van der Waals surface area contributed by atoms with Crippen molar-refractivity contribution in [3.8, 4) is 0 Å². The van der Waals surface area contributed by atoms with Crippen LogP contribution in [0.1, 0.15) is 21.5 Å². The van der Waals surface area contributed by atoms with Gasteiger partial charge in [0.15, 0.2) is 5.78 Å². The summed E-state index contributed by atoms with van der Waals surface area (Å²) in [6.45, 7) is 1.89. The first-order valence-corrected chi connectivity index (χ1v) is 5.12. The monoisotopic (exact) mass is 232 g/mol. The molecule has 0 unspecified atom stereocenters. The van der Waals surface area contributed by atoms with Crippen LogP contribution in [-0.4, -0.2) is 15.8 Å². The molecule has 2 aromatic rings. The van der Waals surface area contributed by atoms with E-state index < -0.39 is 0 Å². The topological polar surface area (TPSA) is 42.9 Å². The van der Waals surface area contributed by atoms with E-state index in [-0.39, 0.29) is 5.78 Å². The van der Waals surface area contributed by atoms with E-state index in [9.17, 15) is 4.79 Å². The Morgan fingerprint density at radius 3 is 2.75 bits per heavy atom. The van der Waals surface area contributed by atoms with Gasteiger partial charge in [-0.1, -0.05) is 11.6 Å². The minimum atomic E-state index is -0.136. The van der Waals surface area contributed by atoms with Crippen LogP contribution in [0.15, 0.2) is 36.9 Å². The van der Waals surface area contributed by atoms with E-state index in [2.05, 4.69) is 9.97 Å². The number of aromatic nitrogens is 2. The molecule has 0 atom stereocenters. The van der Waals surface area contributed by atoms with Crippen molar-refractivity contribution in [2.75, 3.05) is 0 Å². The predicted octanol–water partition coefficient (Wildman–Crippen LogP) is 2.67. The maximum absolute atomic E-state index is 12.1. The molecule has 4 heteroatoms. The minimum absolute atomic E-state index is 0.136. The number of pyridine rings is 2. The summed E-state index contributed by atoms with van der Waals surface area (Å²) in [5.74, 6) is -0.136. The average molecular weight is 233 g/mol. The second-order valence-electron chi connectivity index (χ2n) is 3.44. The number of carbonyl (C=O) groups is 1. The van der Waals surface area contributed by atoms with Crippen molar-refractivity contribution in [1.82, 2.24) is 9.97 Å². The molecular formula is C12H9ClN2O. The van der Waals surface area contributed by atoms with Crippen molar-refractivity contribution in [1.29, 1.82) is 0 Å². The van der Waals surface area contributed by atoms with Gasteiger partial charge in [0.05, 0.1) is 5.02 Å². The van der Waals surface area contributed by atoms with Gasteiger partial charge in [0.25, 0.3) is 0 Å². The highest BCUT2D eigenvalue weighted by Gasteiger charge is 2.12. The van der Waals surface area contributed by atoms with Crippen LogP contribution in [0.3, 0.4) is 0 Å². The van der Waals surface area contributed by atoms with Gasteiger partial charge in [-0.15, -0.1) is 0 Å². The highest BCUT2D eigenvalue weighted by Crippen LogP contribution is 2.17. The van der Waals surface area contributed by atoms with E-state index >= 15 is 0 Å². The number of halogens is 1. The zero-order chi connectivity index (χ0) is 11.5. The standard InChI is InChI=1S/C12H9ClN2O/c1-8-4-9(6-15-5-8)12(16)10-2-3-14-7-11(10)13/h2-7H,1H3. The fraction of sp³-hybridized carbons (Fsp3) is 0.0833. The van der Waals surface area contributed by atoms with Crippen LogP contribution in [0.2, 0.25) is 5.02 Å². The predicted molar refractivity (Wildman–Crippen MR) is 61.7 cm³/mol. The Kier molecular flexibility index (Phi) is 2.97. The Balaban J connectivity index is 2.44. The Morgan fingerprint density at radius 2 is 2.06 bits per heavy atom. The molecule has 0 radical (unpaired) electrons. The number of rotatable bonds is 2. The Hall–Kier alpha value is -1.74. The van der Waals surface area contributed by atoms with Crippen LogP contribution in [0.5, 0.6) is 0 Å². The molecule has 0 N–H and O–H groups in total. The lowest BCUT2D eigenvalue weighted by atomic mass is 10.1. The molecule has 0 fully saturated rings. The summed E-state index contributed by atoms with van der Waals surface area (Å²) >= 11 is 5.91. The quantitative estimate of drug-likeness (QED) is 0.748. The second kappa shape index (κ2) is 4.41. The molecule has 0 saturated carbocycles. The smallest absolute Gasteiger partial charge is 0.196 e. The van der Waals surface area contributed by atoms with Gasteiger partial charge < -0.3 is 0 Å². The molecular weight excluding hydrogens is 224 g/mol. The van der Waals surface area contributed by atoms with Gasteiger partial charge in [0.1, 0.15) is 0 Å². The maximum atomic E-state index is 12.1. The van der Waals surface area contributed by atoms with Gasteiger partial charge in [-0.3, -0.25) is 14.8 Å². The van der Waals surface area contributed by atoms with E-state index in [4.69, 9.17) is 11.6 Å². The van der Waals surface area contributed by atoms with Crippen molar-refractivity contribution in [3.05, 3.63) is 58.6 Å². The Labute approximate surface area is 98.1 Å². The zero-order valence-corrected chi connectivity index (χ0v) is 9.40. The number of aryl methyl sites for hydroxylation is 1. The van der Waals surface area contributed by atoms with Crippen LogP contribution >= 0.6 is 11.6 Å². The first-order chi connectivity index (χ1) is 7.68. The van der Waals surface area contributed by atoms with Crippen LogP contribution in [0.25, 0.3) is 0 Å². The van der Waals surface area contributed by atoms with Crippen molar-refractivity contribution in [3.63, 3.8) is 0 Å². The molecule has 0 spiro atoms. The molecule has 0 bridgehead atoms. The lowest BCUT2D eigenvalue weighted by Crippen LogP contribution is -2.03. The molecule has 0 aliphatic rings. The third kappa shape index (κ3) is 2.09. The summed E-state index contributed by atoms with van der Waals surface area (Å²) in [7, 11) is 0. The van der Waals surface area contributed by atoms with Crippen molar-refractivity contribution >= 4 is 17.4 Å². The highest BCUT2D eigenvalue weighted by atomic mass is 35.5. The van der Waals surface area contributed by atoms with Gasteiger partial charge in [-0.25, -0.2) is 0 Å². The van der Waals surface area contributed by atoms with Gasteiger partial charge in [0, 0.05) is 35.9 Å². The fourth-order valence-electron chi connectivity index (χ4n) is 1.39. The number of hydrogen-bond donors (Lipinski definition) is 0. The Morgan fingerprint density at radius 1 is 1.25 bits per heavy atom. The maximum Gasteiger partial charge on any atom is 0.196 e. The molecule has 16 heavy (non-hydrogen) atoms. The lowest BCUT2D eigenvalue weighted by molar-refractivity contribution is 0.103. The first-order valence-electron chi connectivity index (χ1n) is 4.74. The van der Waals surface area contributed by atoms with Crippen molar-refractivity contribution < 1.29 is 4.79 Å². The number of carbonyl (C=O) groups excluding carboxylic acids is 1. The van der Waals surface area contributed by atoms with E-state index in [0.29, 0.717) is 16.1 Å². The Bertz CT molecular complexity index is 540. The summed E-state index contributed by atoms with van der Waals surface area (Å²) in [5.41, 5.74) is 1.92. The molecule has 0 aliphatic heterocycles. The summed E-state index contributed by atoms with van der Waals surface area (Å²) in [6, 6.07) is 3.39. The average Bonchev–Trinajstić information content (AvgIpc) is 2.29. The van der Waals surface area contributed by atoms with E-state index in [1.807, 2.05) is 6.92 Å². The third-order valence-corrected chi connectivity index (χ3v) is 2.46. The van der Waals surface area contributed by atoms with Crippen molar-refractivity contribution in [2.24, 2.45) is 0 Å². The zero-order valence-electron chi connectivity index (χ0n) is 8.64. The first kappa shape index (κ1) is 10.8. The van der Waals surface area contributed by atoms with E-state index in [1.54, 1.807) is 24.5 Å². The second-order valence-corrected chi connectivity index (χ2v) is 3.84. The largest absolute Gasteiger partial charge is 0.288 e. The van der Waals surface area contributed by atoms with E-state index in [1.165, 1.54) is 12.4 Å². The van der Waals surface area contributed by atoms with Crippen LogP contribution < -0.4 is 0 Å². The molecule has 80 valence electrons. The SMILES string of the molecule is Cc1cncc(C(=O)c2ccncc2Cl)c1. The van der Waals surface area contributed by atoms with E-state index in [0.717, 1.165) is 5.56 Å². The van der Waals surface area contributed by atoms with Gasteiger partial charge in [0.2, 0.25) is 0 Å². The molecule has 2 heterocycles. The summed E-state index contributed by atoms with van der Waals surface area (Å²) in [4.78, 5) is 19.9. The molecule has 0 aromatic carbocycles. The highest BCUT2D eigenvalue weighted by molar-refractivity contribution is 6.34. The molecule has 2 aromatic heterocycles. The lowest BCUT2D eigenvalue weighted by Gasteiger charge is -2.03. The molecule has 0 aliphatic carbocycles. The third-order valence-electron chi connectivity index (χ3n) is 2.15. The molecule has 3 nitrogen and oxygen atoms in total. The number of nitrogens with zero attached hydrogens (tertiary/aromatic N) is 2. The van der Waals surface area contributed by atoms with Gasteiger partial charge in [-0.2, -0.15) is 0 Å². The number of hydrogen-bond acceptors (Lipinski definition) is 3. The van der Waals surface area contributed by atoms with Crippen molar-refractivity contribution in [2.45, 2.75) is 6.92 Å². The van der Waals surface area contributed by atoms with Crippen LogP contribution in [-0.2, 0) is 0 Å². The van der Waals surface area contributed by atoms with Crippen LogP contribution in [0.4, 0.5) is 0 Å². The van der Waals surface area contributed by atoms with Gasteiger partial charge >= 0.3 is 0 Å². The summed E-state index contributed by atoms with van der Waals surface area (Å²) < 4.78 is 0. The van der Waals surface area contributed by atoms with Gasteiger partial charge in [-0.05, 0) is 24.6 Å².